The van der Waals surface area contributed by atoms with Crippen LogP contribution >= 0.6 is 15.9 Å². The van der Waals surface area contributed by atoms with E-state index < -0.39 is 5.97 Å². The van der Waals surface area contributed by atoms with Gasteiger partial charge in [0.1, 0.15) is 0 Å². The van der Waals surface area contributed by atoms with E-state index in [2.05, 4.69) is 21.0 Å². The molecule has 0 radical (unpaired) electrons. The van der Waals surface area contributed by atoms with Gasteiger partial charge in [0.05, 0.1) is 5.69 Å². The van der Waals surface area contributed by atoms with Gasteiger partial charge in [-0.2, -0.15) is 5.10 Å². The monoisotopic (exact) mass is 294 g/mol. The van der Waals surface area contributed by atoms with Gasteiger partial charge in [0.15, 0.2) is 5.69 Å². The molecule has 17 heavy (non-hydrogen) atoms. The van der Waals surface area contributed by atoms with Crippen molar-refractivity contribution in [2.45, 2.75) is 6.92 Å². The van der Waals surface area contributed by atoms with Crippen molar-refractivity contribution < 1.29 is 9.90 Å². The van der Waals surface area contributed by atoms with E-state index in [1.54, 1.807) is 17.8 Å². The van der Waals surface area contributed by atoms with E-state index in [4.69, 9.17) is 5.11 Å². The summed E-state index contributed by atoms with van der Waals surface area (Å²) >= 11 is 3.46. The van der Waals surface area contributed by atoms with Crippen LogP contribution in [0.4, 0.5) is 0 Å². The Balaban J connectivity index is 2.60. The molecule has 0 aliphatic heterocycles. The fraction of sp³-hybridized carbons (Fsp3) is 0.167. The van der Waals surface area contributed by atoms with Gasteiger partial charge in [-0.1, -0.05) is 28.1 Å². The fourth-order valence-electron chi connectivity index (χ4n) is 1.71. The summed E-state index contributed by atoms with van der Waals surface area (Å²) in [4.78, 5) is 10.9. The maximum atomic E-state index is 10.9. The molecule has 0 unspecified atom stereocenters. The van der Waals surface area contributed by atoms with Gasteiger partial charge in [-0.15, -0.1) is 0 Å². The molecule has 0 amide bonds. The lowest BCUT2D eigenvalue weighted by molar-refractivity contribution is 0.0689. The Hall–Kier alpha value is -1.62. The predicted octanol–water partition coefficient (Wildman–Crippen LogP) is 2.86. The van der Waals surface area contributed by atoms with Crippen LogP contribution in [-0.4, -0.2) is 20.9 Å². The molecule has 88 valence electrons. The minimum Gasteiger partial charge on any atom is -0.476 e. The highest BCUT2D eigenvalue weighted by atomic mass is 79.9. The quantitative estimate of drug-likeness (QED) is 0.927. The van der Waals surface area contributed by atoms with Crippen molar-refractivity contribution in [3.63, 3.8) is 0 Å². The number of halogens is 1. The van der Waals surface area contributed by atoms with E-state index in [0.717, 1.165) is 21.3 Å². The van der Waals surface area contributed by atoms with Crippen molar-refractivity contribution >= 4 is 21.9 Å². The molecular formula is C12H11BrN2O2. The Kier molecular flexibility index (Phi) is 3.02. The number of carboxylic acids is 1. The molecular weight excluding hydrogens is 284 g/mol. The van der Waals surface area contributed by atoms with Crippen LogP contribution in [0.25, 0.3) is 11.3 Å². The zero-order valence-corrected chi connectivity index (χ0v) is 11.0. The van der Waals surface area contributed by atoms with E-state index in [1.165, 1.54) is 0 Å². The summed E-state index contributed by atoms with van der Waals surface area (Å²) in [6, 6.07) is 7.40. The Bertz CT molecular complexity index is 590. The lowest BCUT2D eigenvalue weighted by atomic mass is 10.1. The van der Waals surface area contributed by atoms with Gasteiger partial charge < -0.3 is 5.11 Å². The normalized spacial score (nSPS) is 10.5. The topological polar surface area (TPSA) is 55.1 Å². The zero-order valence-electron chi connectivity index (χ0n) is 9.44. The average molecular weight is 295 g/mol. The minimum atomic E-state index is -1.01. The first-order valence-electron chi connectivity index (χ1n) is 5.03. The van der Waals surface area contributed by atoms with Crippen LogP contribution < -0.4 is 0 Å². The van der Waals surface area contributed by atoms with Crippen molar-refractivity contribution in [3.8, 4) is 11.3 Å². The molecule has 0 saturated carbocycles. The highest BCUT2D eigenvalue weighted by molar-refractivity contribution is 9.10. The molecule has 0 spiro atoms. The molecule has 1 aromatic carbocycles. The summed E-state index contributed by atoms with van der Waals surface area (Å²) in [5.74, 6) is -1.01. The van der Waals surface area contributed by atoms with E-state index in [9.17, 15) is 4.79 Å². The second kappa shape index (κ2) is 4.33. The summed E-state index contributed by atoms with van der Waals surface area (Å²) in [5.41, 5.74) is 2.89. The van der Waals surface area contributed by atoms with E-state index in [1.807, 2.05) is 25.1 Å². The van der Waals surface area contributed by atoms with Crippen LogP contribution in [0.2, 0.25) is 0 Å². The highest BCUT2D eigenvalue weighted by Gasteiger charge is 2.14. The third-order valence-corrected chi connectivity index (χ3v) is 3.50. The largest absolute Gasteiger partial charge is 0.476 e. The first-order chi connectivity index (χ1) is 8.00. The van der Waals surface area contributed by atoms with Gasteiger partial charge >= 0.3 is 5.97 Å². The molecule has 0 atom stereocenters. The summed E-state index contributed by atoms with van der Waals surface area (Å²) in [6.07, 6.45) is 0. The highest BCUT2D eigenvalue weighted by Crippen LogP contribution is 2.28. The van der Waals surface area contributed by atoms with Gasteiger partial charge in [0, 0.05) is 17.1 Å². The van der Waals surface area contributed by atoms with E-state index >= 15 is 0 Å². The molecule has 0 bridgehead atoms. The second-order valence-electron chi connectivity index (χ2n) is 3.76. The smallest absolute Gasteiger partial charge is 0.356 e. The number of benzene rings is 1. The van der Waals surface area contributed by atoms with E-state index in [0.29, 0.717) is 0 Å². The van der Waals surface area contributed by atoms with E-state index in [-0.39, 0.29) is 5.69 Å². The average Bonchev–Trinajstić information content (AvgIpc) is 2.65. The summed E-state index contributed by atoms with van der Waals surface area (Å²) in [5, 5.41) is 12.9. The van der Waals surface area contributed by atoms with Crippen molar-refractivity contribution in [1.29, 1.82) is 0 Å². The molecule has 4 nitrogen and oxygen atoms in total. The molecule has 1 heterocycles. The van der Waals surface area contributed by atoms with Gasteiger partial charge in [-0.25, -0.2) is 4.79 Å². The number of hydrogen-bond acceptors (Lipinski definition) is 2. The molecule has 2 rings (SSSR count). The Labute approximate surface area is 107 Å². The number of aryl methyl sites for hydroxylation is 1. The maximum Gasteiger partial charge on any atom is 0.356 e. The molecule has 0 saturated heterocycles. The lowest BCUT2D eigenvalue weighted by Crippen LogP contribution is -1.99. The van der Waals surface area contributed by atoms with Gasteiger partial charge in [0.25, 0.3) is 0 Å². The molecule has 0 aliphatic rings. The number of carbonyl (C=O) groups is 1. The molecule has 5 heteroatoms. The first kappa shape index (κ1) is 11.9. The number of nitrogens with zero attached hydrogens (tertiary/aromatic N) is 2. The van der Waals surface area contributed by atoms with Crippen LogP contribution in [0, 0.1) is 6.92 Å². The number of aromatic carboxylic acids is 1. The van der Waals surface area contributed by atoms with Crippen LogP contribution in [-0.2, 0) is 7.05 Å². The molecule has 2 aromatic rings. The summed E-state index contributed by atoms with van der Waals surface area (Å²) < 4.78 is 2.58. The molecule has 1 aromatic heterocycles. The van der Waals surface area contributed by atoms with Crippen LogP contribution in [0.5, 0.6) is 0 Å². The fourth-order valence-corrected chi connectivity index (χ4v) is 2.07. The summed E-state index contributed by atoms with van der Waals surface area (Å²) in [7, 11) is 1.74. The van der Waals surface area contributed by atoms with Crippen molar-refractivity contribution in [2.75, 3.05) is 0 Å². The Morgan fingerprint density at radius 1 is 1.47 bits per heavy atom. The third kappa shape index (κ3) is 2.10. The van der Waals surface area contributed by atoms with Crippen LogP contribution in [0.1, 0.15) is 16.1 Å². The number of aromatic nitrogens is 2. The Morgan fingerprint density at radius 3 is 2.76 bits per heavy atom. The Morgan fingerprint density at radius 2 is 2.18 bits per heavy atom. The predicted molar refractivity (Wildman–Crippen MR) is 68.0 cm³/mol. The van der Waals surface area contributed by atoms with Crippen LogP contribution in [0.15, 0.2) is 28.7 Å². The van der Waals surface area contributed by atoms with Crippen LogP contribution in [0.3, 0.4) is 0 Å². The molecule has 1 N–H and O–H groups in total. The van der Waals surface area contributed by atoms with Crippen molar-refractivity contribution in [2.24, 2.45) is 7.05 Å². The third-order valence-electron chi connectivity index (χ3n) is 2.64. The SMILES string of the molecule is Cc1c(Br)cccc1-c1cc(C(=O)O)nn1C. The first-order valence-corrected chi connectivity index (χ1v) is 5.83. The van der Waals surface area contributed by atoms with Gasteiger partial charge in [-0.3, -0.25) is 4.68 Å². The van der Waals surface area contributed by atoms with Crippen molar-refractivity contribution in [1.82, 2.24) is 9.78 Å². The molecule has 0 aliphatic carbocycles. The number of rotatable bonds is 2. The van der Waals surface area contributed by atoms with Crippen molar-refractivity contribution in [3.05, 3.63) is 40.0 Å². The zero-order chi connectivity index (χ0) is 12.6. The second-order valence-corrected chi connectivity index (χ2v) is 4.61. The standard InChI is InChI=1S/C12H11BrN2O2/c1-7-8(4-3-5-9(7)13)11-6-10(12(16)17)14-15(11)2/h3-6H,1-2H3,(H,16,17). The number of carboxylic acid groups (broad SMARTS) is 1. The van der Waals surface area contributed by atoms with Gasteiger partial charge in [0.2, 0.25) is 0 Å². The maximum absolute atomic E-state index is 10.9. The number of hydrogen-bond donors (Lipinski definition) is 1. The summed E-state index contributed by atoms with van der Waals surface area (Å²) in [6.45, 7) is 1.98. The minimum absolute atomic E-state index is 0.0573. The molecule has 0 fully saturated rings. The van der Waals surface area contributed by atoms with Gasteiger partial charge in [-0.05, 0) is 24.6 Å². The lowest BCUT2D eigenvalue weighted by Gasteiger charge is -2.07.